The number of nitriles is 1. The van der Waals surface area contributed by atoms with E-state index in [1.54, 1.807) is 55.5 Å². The maximum Gasteiger partial charge on any atom is 0.338 e. The van der Waals surface area contributed by atoms with Gasteiger partial charge in [0.05, 0.1) is 18.8 Å². The summed E-state index contributed by atoms with van der Waals surface area (Å²) in [5.74, 6) is -0.217. The Hall–Kier alpha value is -3.59. The molecule has 0 aromatic heterocycles. The molecular formula is C22H22N2O4. The third kappa shape index (κ3) is 5.99. The molecule has 1 N–H and O–H groups in total. The van der Waals surface area contributed by atoms with E-state index < -0.39 is 11.9 Å². The average molecular weight is 378 g/mol. The first-order chi connectivity index (χ1) is 13.6. The first-order valence-corrected chi connectivity index (χ1v) is 9.00. The van der Waals surface area contributed by atoms with E-state index in [1.165, 1.54) is 6.08 Å². The Labute approximate surface area is 164 Å². The Morgan fingerprint density at radius 1 is 1.07 bits per heavy atom. The summed E-state index contributed by atoms with van der Waals surface area (Å²) in [4.78, 5) is 24.0. The molecule has 0 heterocycles. The fraction of sp³-hybridized carbons (Fsp3) is 0.227. The zero-order valence-corrected chi connectivity index (χ0v) is 15.9. The van der Waals surface area contributed by atoms with E-state index in [2.05, 4.69) is 5.32 Å². The van der Waals surface area contributed by atoms with Gasteiger partial charge in [-0.1, -0.05) is 19.1 Å². The van der Waals surface area contributed by atoms with Crippen LogP contribution >= 0.6 is 0 Å². The zero-order valence-electron chi connectivity index (χ0n) is 15.9. The molecule has 0 saturated carbocycles. The summed E-state index contributed by atoms with van der Waals surface area (Å²) >= 11 is 0. The highest BCUT2D eigenvalue weighted by atomic mass is 16.5. The van der Waals surface area contributed by atoms with Crippen molar-refractivity contribution < 1.29 is 19.1 Å². The average Bonchev–Trinajstić information content (AvgIpc) is 2.72. The smallest absolute Gasteiger partial charge is 0.338 e. The van der Waals surface area contributed by atoms with E-state index in [0.29, 0.717) is 30.0 Å². The number of hydrogen-bond acceptors (Lipinski definition) is 5. The summed E-state index contributed by atoms with van der Waals surface area (Å²) in [5, 5.41) is 12.0. The van der Waals surface area contributed by atoms with Crippen molar-refractivity contribution in [2.45, 2.75) is 20.3 Å². The van der Waals surface area contributed by atoms with Crippen molar-refractivity contribution >= 4 is 23.6 Å². The van der Waals surface area contributed by atoms with Crippen molar-refractivity contribution in [1.82, 2.24) is 0 Å². The summed E-state index contributed by atoms with van der Waals surface area (Å²) in [6.07, 6.45) is 2.42. The molecule has 0 atom stereocenters. The second kappa shape index (κ2) is 10.5. The first kappa shape index (κ1) is 20.7. The summed E-state index contributed by atoms with van der Waals surface area (Å²) in [5.41, 5.74) is 1.55. The van der Waals surface area contributed by atoms with E-state index in [4.69, 9.17) is 9.47 Å². The van der Waals surface area contributed by atoms with Crippen LogP contribution in [0.5, 0.6) is 5.75 Å². The summed E-state index contributed by atoms with van der Waals surface area (Å²) in [7, 11) is 0. The Kier molecular flexibility index (Phi) is 7.79. The largest absolute Gasteiger partial charge is 0.494 e. The highest BCUT2D eigenvalue weighted by Gasteiger charge is 2.11. The number of nitrogens with zero attached hydrogens (tertiary/aromatic N) is 1. The molecule has 1 amide bonds. The van der Waals surface area contributed by atoms with Crippen LogP contribution in [0.2, 0.25) is 0 Å². The minimum Gasteiger partial charge on any atom is -0.494 e. The second-order valence-corrected chi connectivity index (χ2v) is 5.84. The highest BCUT2D eigenvalue weighted by molar-refractivity contribution is 6.09. The predicted molar refractivity (Wildman–Crippen MR) is 107 cm³/mol. The first-order valence-electron chi connectivity index (χ1n) is 9.00. The van der Waals surface area contributed by atoms with Gasteiger partial charge >= 0.3 is 5.97 Å². The molecular weight excluding hydrogens is 356 g/mol. The number of amides is 1. The molecule has 2 aromatic carbocycles. The van der Waals surface area contributed by atoms with Gasteiger partial charge in [0.2, 0.25) is 0 Å². The standard InChI is InChI=1S/C22H22N2O4/c1-3-13-28-20-11-5-16(6-12-20)14-18(15-23)21(25)24-19-9-7-17(8-10-19)22(26)27-4-2/h5-12,14H,3-4,13H2,1-2H3,(H,24,25)/b18-14+. The van der Waals surface area contributed by atoms with Gasteiger partial charge in [-0.25, -0.2) is 4.79 Å². The van der Waals surface area contributed by atoms with Crippen molar-refractivity contribution in [3.05, 3.63) is 65.2 Å². The van der Waals surface area contributed by atoms with E-state index in [1.807, 2.05) is 13.0 Å². The number of esters is 1. The fourth-order valence-corrected chi connectivity index (χ4v) is 2.30. The lowest BCUT2D eigenvalue weighted by molar-refractivity contribution is -0.112. The fourth-order valence-electron chi connectivity index (χ4n) is 2.30. The lowest BCUT2D eigenvalue weighted by atomic mass is 10.1. The number of anilines is 1. The molecule has 0 aliphatic heterocycles. The van der Waals surface area contributed by atoms with Gasteiger partial charge in [-0.3, -0.25) is 4.79 Å². The number of hydrogen-bond donors (Lipinski definition) is 1. The minimum absolute atomic E-state index is 0.0308. The molecule has 6 heteroatoms. The molecule has 0 aliphatic rings. The third-order valence-corrected chi connectivity index (χ3v) is 3.68. The van der Waals surface area contributed by atoms with E-state index in [0.717, 1.165) is 12.2 Å². The summed E-state index contributed by atoms with van der Waals surface area (Å²) in [6, 6.07) is 15.3. The molecule has 0 unspecified atom stereocenters. The SMILES string of the molecule is CCCOc1ccc(/C=C(\C#N)C(=O)Nc2ccc(C(=O)OCC)cc2)cc1. The molecule has 2 aromatic rings. The van der Waals surface area contributed by atoms with Crippen LogP contribution in [-0.2, 0) is 9.53 Å². The van der Waals surface area contributed by atoms with Crippen molar-refractivity contribution in [2.75, 3.05) is 18.5 Å². The van der Waals surface area contributed by atoms with Crippen LogP contribution in [0.15, 0.2) is 54.1 Å². The van der Waals surface area contributed by atoms with E-state index >= 15 is 0 Å². The van der Waals surface area contributed by atoms with Gasteiger partial charge in [0.1, 0.15) is 17.4 Å². The summed E-state index contributed by atoms with van der Waals surface area (Å²) in [6.45, 7) is 4.68. The molecule has 0 bridgehead atoms. The van der Waals surface area contributed by atoms with Crippen LogP contribution in [0.1, 0.15) is 36.2 Å². The third-order valence-electron chi connectivity index (χ3n) is 3.68. The molecule has 0 spiro atoms. The number of carbonyl (C=O) groups is 2. The Bertz CT molecular complexity index is 878. The van der Waals surface area contributed by atoms with Crippen LogP contribution in [0.25, 0.3) is 6.08 Å². The van der Waals surface area contributed by atoms with Gasteiger partial charge in [0.25, 0.3) is 5.91 Å². The Balaban J connectivity index is 2.05. The zero-order chi connectivity index (χ0) is 20.4. The summed E-state index contributed by atoms with van der Waals surface area (Å²) < 4.78 is 10.4. The minimum atomic E-state index is -0.530. The molecule has 2 rings (SSSR count). The highest BCUT2D eigenvalue weighted by Crippen LogP contribution is 2.16. The van der Waals surface area contributed by atoms with Crippen LogP contribution in [0.3, 0.4) is 0 Å². The topological polar surface area (TPSA) is 88.4 Å². The second-order valence-electron chi connectivity index (χ2n) is 5.84. The number of ether oxygens (including phenoxy) is 2. The lowest BCUT2D eigenvalue weighted by Crippen LogP contribution is -2.13. The van der Waals surface area contributed by atoms with E-state index in [-0.39, 0.29) is 5.57 Å². The Morgan fingerprint density at radius 3 is 2.32 bits per heavy atom. The van der Waals surface area contributed by atoms with Crippen molar-refractivity contribution in [2.24, 2.45) is 0 Å². The molecule has 0 fully saturated rings. The van der Waals surface area contributed by atoms with Gasteiger partial charge < -0.3 is 14.8 Å². The van der Waals surface area contributed by atoms with Gasteiger partial charge in [0.15, 0.2) is 0 Å². The molecule has 0 saturated heterocycles. The quantitative estimate of drug-likeness (QED) is 0.422. The van der Waals surface area contributed by atoms with Crippen LogP contribution < -0.4 is 10.1 Å². The lowest BCUT2D eigenvalue weighted by Gasteiger charge is -2.07. The predicted octanol–water partition coefficient (Wildman–Crippen LogP) is 4.20. The van der Waals surface area contributed by atoms with Crippen molar-refractivity contribution in [1.29, 1.82) is 5.26 Å². The molecule has 0 radical (unpaired) electrons. The van der Waals surface area contributed by atoms with E-state index in [9.17, 15) is 14.9 Å². The number of benzene rings is 2. The maximum absolute atomic E-state index is 12.4. The van der Waals surface area contributed by atoms with Crippen molar-refractivity contribution in [3.63, 3.8) is 0 Å². The van der Waals surface area contributed by atoms with Crippen LogP contribution in [0.4, 0.5) is 5.69 Å². The normalized spacial score (nSPS) is 10.7. The van der Waals surface area contributed by atoms with Gasteiger partial charge in [-0.05, 0) is 61.4 Å². The molecule has 28 heavy (non-hydrogen) atoms. The van der Waals surface area contributed by atoms with Crippen molar-refractivity contribution in [3.8, 4) is 11.8 Å². The molecule has 0 aliphatic carbocycles. The maximum atomic E-state index is 12.4. The number of rotatable bonds is 8. The number of nitrogens with one attached hydrogen (secondary N) is 1. The van der Waals surface area contributed by atoms with Crippen LogP contribution in [0, 0.1) is 11.3 Å². The Morgan fingerprint density at radius 2 is 1.75 bits per heavy atom. The molecule has 6 nitrogen and oxygen atoms in total. The van der Waals surface area contributed by atoms with Gasteiger partial charge in [0, 0.05) is 5.69 Å². The molecule has 144 valence electrons. The van der Waals surface area contributed by atoms with Gasteiger partial charge in [-0.15, -0.1) is 0 Å². The monoisotopic (exact) mass is 378 g/mol. The van der Waals surface area contributed by atoms with Gasteiger partial charge in [-0.2, -0.15) is 5.26 Å². The number of carbonyl (C=O) groups excluding carboxylic acids is 2. The van der Waals surface area contributed by atoms with Crippen LogP contribution in [-0.4, -0.2) is 25.1 Å².